The Kier molecular flexibility index (Phi) is 13.8. The van der Waals surface area contributed by atoms with Crippen molar-refractivity contribution >= 4 is 5.71 Å². The fraction of sp³-hybridized carbons (Fsp3) is 0.500. The average Bonchev–Trinajstić information content (AvgIpc) is 2.08. The molecular formula is C10H19N. The zero-order valence-corrected chi connectivity index (χ0v) is 8.09. The van der Waals surface area contributed by atoms with Gasteiger partial charge < -0.3 is 0 Å². The largest absolute Gasteiger partial charge is 0.262 e. The third-order valence-electron chi connectivity index (χ3n) is 0.915. The predicted octanol–water partition coefficient (Wildman–Crippen LogP) is 3.58. The number of rotatable bonds is 3. The molecule has 0 spiro atoms. The normalized spacial score (nSPS) is 10.7. The molecule has 0 saturated carbocycles. The standard InChI is InChI=1S/C8H13N.C2H6/c1-4-6-7-9-8(3)5-2;1-2/h5-7H,2,4H2,1,3H3;1-2H3/b7-6-,9-8?;. The lowest BCUT2D eigenvalue weighted by Gasteiger charge is -1.82. The smallest absolute Gasteiger partial charge is 0.0366 e. The first-order valence-corrected chi connectivity index (χ1v) is 4.13. The lowest BCUT2D eigenvalue weighted by atomic mass is 10.4. The summed E-state index contributed by atoms with van der Waals surface area (Å²) in [6, 6.07) is 0. The van der Waals surface area contributed by atoms with Gasteiger partial charge in [-0.1, -0.05) is 33.4 Å². The number of hydrogen-bond donors (Lipinski definition) is 0. The molecule has 0 amide bonds. The Labute approximate surface area is 70.5 Å². The van der Waals surface area contributed by atoms with E-state index >= 15 is 0 Å². The molecule has 64 valence electrons. The van der Waals surface area contributed by atoms with Gasteiger partial charge in [0.2, 0.25) is 0 Å². The van der Waals surface area contributed by atoms with Crippen LogP contribution in [0.1, 0.15) is 34.1 Å². The monoisotopic (exact) mass is 153 g/mol. The molecule has 0 radical (unpaired) electrons. The summed E-state index contributed by atoms with van der Waals surface area (Å²) in [6.07, 6.45) is 6.58. The van der Waals surface area contributed by atoms with Gasteiger partial charge in [-0.3, -0.25) is 4.99 Å². The van der Waals surface area contributed by atoms with Crippen LogP contribution >= 0.6 is 0 Å². The number of allylic oxidation sites excluding steroid dienone is 2. The summed E-state index contributed by atoms with van der Waals surface area (Å²) >= 11 is 0. The van der Waals surface area contributed by atoms with Crippen LogP contribution < -0.4 is 0 Å². The maximum absolute atomic E-state index is 4.05. The second-order valence-corrected chi connectivity index (χ2v) is 1.77. The molecule has 0 atom stereocenters. The molecule has 1 nitrogen and oxygen atoms in total. The molecule has 0 aliphatic heterocycles. The molecule has 0 aromatic carbocycles. The summed E-state index contributed by atoms with van der Waals surface area (Å²) in [5.74, 6) is 0. The van der Waals surface area contributed by atoms with Gasteiger partial charge in [-0.15, -0.1) is 0 Å². The van der Waals surface area contributed by atoms with Gasteiger partial charge in [-0.25, -0.2) is 0 Å². The van der Waals surface area contributed by atoms with E-state index in [9.17, 15) is 0 Å². The molecule has 0 bridgehead atoms. The highest BCUT2D eigenvalue weighted by Gasteiger charge is 1.73. The fourth-order valence-electron chi connectivity index (χ4n) is 0.328. The lowest BCUT2D eigenvalue weighted by molar-refractivity contribution is 1.21. The van der Waals surface area contributed by atoms with Gasteiger partial charge in [0.25, 0.3) is 0 Å². The lowest BCUT2D eigenvalue weighted by Crippen LogP contribution is -1.78. The van der Waals surface area contributed by atoms with E-state index in [0.29, 0.717) is 0 Å². The molecule has 0 N–H and O–H groups in total. The first kappa shape index (κ1) is 12.8. The van der Waals surface area contributed by atoms with Crippen LogP contribution in [0.2, 0.25) is 0 Å². The average molecular weight is 153 g/mol. The number of nitrogens with zero attached hydrogens (tertiary/aromatic N) is 1. The number of aliphatic imine (C=N–C) groups is 1. The minimum Gasteiger partial charge on any atom is -0.262 e. The topological polar surface area (TPSA) is 12.4 Å². The van der Waals surface area contributed by atoms with Crippen LogP contribution in [-0.4, -0.2) is 5.71 Å². The van der Waals surface area contributed by atoms with E-state index in [0.717, 1.165) is 12.1 Å². The highest BCUT2D eigenvalue weighted by atomic mass is 14.7. The van der Waals surface area contributed by atoms with Gasteiger partial charge in [-0.05, 0) is 19.4 Å². The number of hydrogen-bond acceptors (Lipinski definition) is 1. The SMILES string of the molecule is C=CC(C)=N/C=C\CC.CC. The second-order valence-electron chi connectivity index (χ2n) is 1.77. The molecule has 0 unspecified atom stereocenters. The van der Waals surface area contributed by atoms with Crippen LogP contribution in [-0.2, 0) is 0 Å². The van der Waals surface area contributed by atoms with E-state index in [-0.39, 0.29) is 0 Å². The van der Waals surface area contributed by atoms with Crippen LogP contribution in [0.15, 0.2) is 29.9 Å². The van der Waals surface area contributed by atoms with Crippen LogP contribution in [0.4, 0.5) is 0 Å². The summed E-state index contributed by atoms with van der Waals surface area (Å²) in [7, 11) is 0. The van der Waals surface area contributed by atoms with Crippen molar-refractivity contribution < 1.29 is 0 Å². The molecule has 0 fully saturated rings. The highest BCUT2D eigenvalue weighted by Crippen LogP contribution is 1.83. The summed E-state index contributed by atoms with van der Waals surface area (Å²) in [4.78, 5) is 4.05. The van der Waals surface area contributed by atoms with Gasteiger partial charge in [0.05, 0.1) is 0 Å². The maximum Gasteiger partial charge on any atom is 0.0366 e. The van der Waals surface area contributed by atoms with Gasteiger partial charge in [0.15, 0.2) is 0 Å². The quantitative estimate of drug-likeness (QED) is 0.549. The molecule has 0 heterocycles. The van der Waals surface area contributed by atoms with E-state index in [4.69, 9.17) is 0 Å². The molecule has 1 heteroatoms. The molecule has 11 heavy (non-hydrogen) atoms. The molecule has 0 saturated heterocycles. The summed E-state index contributed by atoms with van der Waals surface area (Å²) in [5.41, 5.74) is 0.958. The first-order valence-electron chi connectivity index (χ1n) is 4.13. The Bertz CT molecular complexity index is 132. The third kappa shape index (κ3) is 12.4. The van der Waals surface area contributed by atoms with E-state index in [2.05, 4.69) is 18.5 Å². The Morgan fingerprint density at radius 2 is 2.00 bits per heavy atom. The van der Waals surface area contributed by atoms with E-state index in [1.54, 1.807) is 12.3 Å². The Balaban J connectivity index is 0. The minimum atomic E-state index is 0.958. The van der Waals surface area contributed by atoms with Crippen molar-refractivity contribution in [2.75, 3.05) is 0 Å². The second kappa shape index (κ2) is 11.9. The molecule has 0 aromatic rings. The minimum absolute atomic E-state index is 0.958. The highest BCUT2D eigenvalue weighted by molar-refractivity contribution is 5.92. The van der Waals surface area contributed by atoms with Gasteiger partial charge >= 0.3 is 0 Å². The Hall–Kier alpha value is -0.850. The van der Waals surface area contributed by atoms with Crippen LogP contribution in [0.25, 0.3) is 0 Å². The summed E-state index contributed by atoms with van der Waals surface area (Å²) in [6.45, 7) is 11.6. The zero-order valence-electron chi connectivity index (χ0n) is 8.09. The van der Waals surface area contributed by atoms with Gasteiger partial charge in [0, 0.05) is 11.9 Å². The van der Waals surface area contributed by atoms with Crippen LogP contribution in [0, 0.1) is 0 Å². The van der Waals surface area contributed by atoms with Crippen molar-refractivity contribution in [1.29, 1.82) is 0 Å². The summed E-state index contributed by atoms with van der Waals surface area (Å²) in [5, 5.41) is 0. The first-order chi connectivity index (χ1) is 5.31. The van der Waals surface area contributed by atoms with E-state index in [1.165, 1.54) is 0 Å². The maximum atomic E-state index is 4.05. The van der Waals surface area contributed by atoms with E-state index in [1.807, 2.05) is 26.8 Å². The molecule has 0 aliphatic rings. The van der Waals surface area contributed by atoms with Crippen molar-refractivity contribution in [2.24, 2.45) is 4.99 Å². The predicted molar refractivity (Wildman–Crippen MR) is 54.1 cm³/mol. The van der Waals surface area contributed by atoms with Crippen molar-refractivity contribution in [1.82, 2.24) is 0 Å². The molecule has 0 aromatic heterocycles. The Morgan fingerprint density at radius 3 is 2.36 bits per heavy atom. The molecular weight excluding hydrogens is 134 g/mol. The van der Waals surface area contributed by atoms with Gasteiger partial charge in [-0.2, -0.15) is 0 Å². The van der Waals surface area contributed by atoms with Crippen LogP contribution in [0.3, 0.4) is 0 Å². The van der Waals surface area contributed by atoms with Crippen molar-refractivity contribution in [3.63, 3.8) is 0 Å². The van der Waals surface area contributed by atoms with Crippen molar-refractivity contribution in [3.8, 4) is 0 Å². The summed E-state index contributed by atoms with van der Waals surface area (Å²) < 4.78 is 0. The molecule has 0 rings (SSSR count). The van der Waals surface area contributed by atoms with Crippen molar-refractivity contribution in [3.05, 3.63) is 24.9 Å². The van der Waals surface area contributed by atoms with Crippen molar-refractivity contribution in [2.45, 2.75) is 34.1 Å². The molecule has 0 aliphatic carbocycles. The fourth-order valence-corrected chi connectivity index (χ4v) is 0.328. The van der Waals surface area contributed by atoms with E-state index < -0.39 is 0 Å². The zero-order chi connectivity index (χ0) is 9.11. The van der Waals surface area contributed by atoms with Crippen LogP contribution in [0.5, 0.6) is 0 Å². The Morgan fingerprint density at radius 1 is 1.45 bits per heavy atom. The third-order valence-corrected chi connectivity index (χ3v) is 0.915. The van der Waals surface area contributed by atoms with Gasteiger partial charge in [0.1, 0.15) is 0 Å².